The van der Waals surface area contributed by atoms with Gasteiger partial charge >= 0.3 is 0 Å². The molecule has 1 amide bonds. The second-order valence-electron chi connectivity index (χ2n) is 7.70. The van der Waals surface area contributed by atoms with Crippen LogP contribution in [0.2, 0.25) is 0 Å². The van der Waals surface area contributed by atoms with Crippen LogP contribution < -0.4 is 15.1 Å². The Morgan fingerprint density at radius 1 is 1.04 bits per heavy atom. The number of amides is 1. The van der Waals surface area contributed by atoms with Gasteiger partial charge in [0.1, 0.15) is 0 Å². The second kappa shape index (κ2) is 7.01. The van der Waals surface area contributed by atoms with E-state index in [0.29, 0.717) is 0 Å². The van der Waals surface area contributed by atoms with Gasteiger partial charge in [0.2, 0.25) is 5.91 Å². The summed E-state index contributed by atoms with van der Waals surface area (Å²) < 4.78 is 5.45. The molecule has 5 heteroatoms. The highest BCUT2D eigenvalue weighted by Crippen LogP contribution is 2.34. The van der Waals surface area contributed by atoms with Crippen molar-refractivity contribution in [3.8, 4) is 0 Å². The van der Waals surface area contributed by atoms with Crippen molar-refractivity contribution < 1.29 is 9.53 Å². The summed E-state index contributed by atoms with van der Waals surface area (Å²) in [6.07, 6.45) is 2.44. The van der Waals surface area contributed by atoms with Gasteiger partial charge in [0.05, 0.1) is 24.6 Å². The van der Waals surface area contributed by atoms with Crippen molar-refractivity contribution >= 4 is 23.0 Å². The first-order chi connectivity index (χ1) is 11.4. The van der Waals surface area contributed by atoms with Gasteiger partial charge < -0.3 is 19.9 Å². The van der Waals surface area contributed by atoms with Crippen molar-refractivity contribution in [2.24, 2.45) is 5.41 Å². The molecule has 5 nitrogen and oxygen atoms in total. The zero-order valence-electron chi connectivity index (χ0n) is 15.1. The number of hydrogen-bond acceptors (Lipinski definition) is 4. The van der Waals surface area contributed by atoms with E-state index in [9.17, 15) is 4.79 Å². The molecule has 0 unspecified atom stereocenters. The van der Waals surface area contributed by atoms with Crippen LogP contribution in [0.4, 0.5) is 17.1 Å². The van der Waals surface area contributed by atoms with E-state index < -0.39 is 5.41 Å². The minimum absolute atomic E-state index is 0.0575. The lowest BCUT2D eigenvalue weighted by molar-refractivity contribution is -0.123. The van der Waals surface area contributed by atoms with Crippen molar-refractivity contribution in [2.45, 2.75) is 33.6 Å². The van der Waals surface area contributed by atoms with Crippen LogP contribution in [0.5, 0.6) is 0 Å². The van der Waals surface area contributed by atoms with Gasteiger partial charge in [-0.15, -0.1) is 0 Å². The van der Waals surface area contributed by atoms with E-state index in [2.05, 4.69) is 33.3 Å². The maximum Gasteiger partial charge on any atom is 0.229 e. The average Bonchev–Trinajstić information content (AvgIpc) is 3.09. The monoisotopic (exact) mass is 331 g/mol. The van der Waals surface area contributed by atoms with Crippen LogP contribution in [-0.2, 0) is 9.53 Å². The highest BCUT2D eigenvalue weighted by atomic mass is 16.5. The van der Waals surface area contributed by atoms with E-state index in [-0.39, 0.29) is 5.91 Å². The second-order valence-corrected chi connectivity index (χ2v) is 7.70. The number of nitrogens with zero attached hydrogens (tertiary/aromatic N) is 2. The first-order valence-corrected chi connectivity index (χ1v) is 8.98. The van der Waals surface area contributed by atoms with Crippen LogP contribution in [-0.4, -0.2) is 45.3 Å². The highest BCUT2D eigenvalue weighted by Gasteiger charge is 2.24. The summed E-state index contributed by atoms with van der Waals surface area (Å²) in [5, 5.41) is 3.17. The van der Waals surface area contributed by atoms with Crippen molar-refractivity contribution in [3.05, 3.63) is 18.2 Å². The van der Waals surface area contributed by atoms with Crippen LogP contribution >= 0.6 is 0 Å². The minimum Gasteiger partial charge on any atom is -0.378 e. The molecule has 0 atom stereocenters. The Morgan fingerprint density at radius 3 is 2.33 bits per heavy atom. The smallest absolute Gasteiger partial charge is 0.229 e. The Bertz CT molecular complexity index is 583. The van der Waals surface area contributed by atoms with Crippen LogP contribution in [0, 0.1) is 5.41 Å². The Hall–Kier alpha value is -1.75. The molecular weight excluding hydrogens is 302 g/mol. The third-order valence-electron chi connectivity index (χ3n) is 4.73. The van der Waals surface area contributed by atoms with Gasteiger partial charge in [-0.25, -0.2) is 0 Å². The lowest BCUT2D eigenvalue weighted by Crippen LogP contribution is -2.36. The van der Waals surface area contributed by atoms with E-state index in [4.69, 9.17) is 4.74 Å². The van der Waals surface area contributed by atoms with Crippen molar-refractivity contribution in [3.63, 3.8) is 0 Å². The molecule has 24 heavy (non-hydrogen) atoms. The Morgan fingerprint density at radius 2 is 1.71 bits per heavy atom. The number of rotatable bonds is 3. The summed E-state index contributed by atoms with van der Waals surface area (Å²) >= 11 is 0. The molecule has 2 aliphatic rings. The normalized spacial score (nSPS) is 18.8. The average molecular weight is 331 g/mol. The first-order valence-electron chi connectivity index (χ1n) is 8.98. The molecule has 0 spiro atoms. The quantitative estimate of drug-likeness (QED) is 0.924. The van der Waals surface area contributed by atoms with E-state index in [1.807, 2.05) is 20.8 Å². The molecule has 0 saturated carbocycles. The van der Waals surface area contributed by atoms with Crippen LogP contribution in [0.3, 0.4) is 0 Å². The summed E-state index contributed by atoms with van der Waals surface area (Å²) in [7, 11) is 0. The number of morpholine rings is 1. The number of anilines is 3. The molecule has 132 valence electrons. The standard InChI is InChI=1S/C19H29N3O2/c1-19(2,3)18(23)20-16-14-15(21-10-12-24-13-11-21)6-7-17(16)22-8-4-5-9-22/h6-7,14H,4-5,8-13H2,1-3H3,(H,20,23). The van der Waals surface area contributed by atoms with Gasteiger partial charge in [0, 0.05) is 37.3 Å². The molecule has 3 rings (SSSR count). The van der Waals surface area contributed by atoms with E-state index in [1.54, 1.807) is 0 Å². The third-order valence-corrected chi connectivity index (χ3v) is 4.73. The maximum atomic E-state index is 12.5. The fourth-order valence-corrected chi connectivity index (χ4v) is 3.19. The zero-order valence-corrected chi connectivity index (χ0v) is 15.1. The van der Waals surface area contributed by atoms with Crippen LogP contribution in [0.1, 0.15) is 33.6 Å². The fraction of sp³-hybridized carbons (Fsp3) is 0.632. The third kappa shape index (κ3) is 3.83. The van der Waals surface area contributed by atoms with Gasteiger partial charge in [0.15, 0.2) is 0 Å². The summed E-state index contributed by atoms with van der Waals surface area (Å²) in [5.74, 6) is 0.0575. The first kappa shape index (κ1) is 17.1. The molecule has 0 radical (unpaired) electrons. The van der Waals surface area contributed by atoms with Gasteiger partial charge in [-0.2, -0.15) is 0 Å². The molecule has 2 saturated heterocycles. The van der Waals surface area contributed by atoms with Gasteiger partial charge in [-0.05, 0) is 31.0 Å². The number of benzene rings is 1. The molecule has 2 fully saturated rings. The molecule has 0 aromatic heterocycles. The predicted molar refractivity (Wildman–Crippen MR) is 99.0 cm³/mol. The Labute approximate surface area is 145 Å². The molecule has 1 aromatic rings. The largest absolute Gasteiger partial charge is 0.378 e. The summed E-state index contributed by atoms with van der Waals surface area (Å²) in [6, 6.07) is 6.46. The topological polar surface area (TPSA) is 44.8 Å². The lowest BCUT2D eigenvalue weighted by atomic mass is 9.95. The summed E-state index contributed by atoms with van der Waals surface area (Å²) in [5.41, 5.74) is 2.82. The van der Waals surface area contributed by atoms with Crippen LogP contribution in [0.25, 0.3) is 0 Å². The van der Waals surface area contributed by atoms with Gasteiger partial charge in [0.25, 0.3) is 0 Å². The van der Waals surface area contributed by atoms with Crippen molar-refractivity contribution in [1.82, 2.24) is 0 Å². The zero-order chi connectivity index (χ0) is 17.2. The molecular formula is C19H29N3O2. The van der Waals surface area contributed by atoms with Crippen LogP contribution in [0.15, 0.2) is 18.2 Å². The Kier molecular flexibility index (Phi) is 4.99. The molecule has 2 aliphatic heterocycles. The van der Waals surface area contributed by atoms with Gasteiger partial charge in [-0.1, -0.05) is 20.8 Å². The highest BCUT2D eigenvalue weighted by molar-refractivity contribution is 5.98. The maximum absolute atomic E-state index is 12.5. The lowest BCUT2D eigenvalue weighted by Gasteiger charge is -2.31. The molecule has 2 heterocycles. The molecule has 0 aliphatic carbocycles. The van der Waals surface area contributed by atoms with E-state index in [0.717, 1.165) is 56.5 Å². The number of hydrogen-bond donors (Lipinski definition) is 1. The van der Waals surface area contributed by atoms with Crippen molar-refractivity contribution in [2.75, 3.05) is 54.5 Å². The number of nitrogens with one attached hydrogen (secondary N) is 1. The molecule has 0 bridgehead atoms. The van der Waals surface area contributed by atoms with E-state index >= 15 is 0 Å². The SMILES string of the molecule is CC(C)(C)C(=O)Nc1cc(N2CCOCC2)ccc1N1CCCC1. The Balaban J connectivity index is 1.89. The summed E-state index contributed by atoms with van der Waals surface area (Å²) in [6.45, 7) is 11.3. The fourth-order valence-electron chi connectivity index (χ4n) is 3.19. The minimum atomic E-state index is -0.406. The number of carbonyl (C=O) groups excluding carboxylic acids is 1. The number of ether oxygens (including phenoxy) is 1. The predicted octanol–water partition coefficient (Wildman–Crippen LogP) is 3.11. The molecule has 1 aromatic carbocycles. The summed E-state index contributed by atoms with van der Waals surface area (Å²) in [4.78, 5) is 17.2. The van der Waals surface area contributed by atoms with Crippen molar-refractivity contribution in [1.29, 1.82) is 0 Å². The molecule has 1 N–H and O–H groups in total. The van der Waals surface area contributed by atoms with E-state index in [1.165, 1.54) is 12.8 Å². The van der Waals surface area contributed by atoms with Gasteiger partial charge in [-0.3, -0.25) is 4.79 Å². The number of carbonyl (C=O) groups is 1.